The van der Waals surface area contributed by atoms with E-state index in [9.17, 15) is 5.11 Å². The van der Waals surface area contributed by atoms with Crippen molar-refractivity contribution in [3.8, 4) is 5.75 Å². The van der Waals surface area contributed by atoms with E-state index >= 15 is 0 Å². The molecule has 0 amide bonds. The highest BCUT2D eigenvalue weighted by atomic mass is 16.5. The molecule has 4 heteroatoms. The maximum absolute atomic E-state index is 10.1. The lowest BCUT2D eigenvalue weighted by Gasteiger charge is -2.18. The van der Waals surface area contributed by atoms with E-state index in [1.54, 1.807) is 7.11 Å². The maximum Gasteiger partial charge on any atom is 0.118 e. The maximum atomic E-state index is 10.1. The molecule has 1 rings (SSSR count). The molecule has 0 aliphatic heterocycles. The normalized spacial score (nSPS) is 12.6. The predicted octanol–water partition coefficient (Wildman–Crippen LogP) is 2.44. The summed E-state index contributed by atoms with van der Waals surface area (Å²) in [7, 11) is 1.65. The van der Waals surface area contributed by atoms with Gasteiger partial charge >= 0.3 is 0 Å². The van der Waals surface area contributed by atoms with Crippen LogP contribution in [0.5, 0.6) is 5.75 Å². The number of hydrogen-bond acceptors (Lipinski definition) is 4. The van der Waals surface area contributed by atoms with E-state index < -0.39 is 6.10 Å². The third-order valence-corrected chi connectivity index (χ3v) is 3.82. The monoisotopic (exact) mass is 294 g/mol. The second-order valence-corrected chi connectivity index (χ2v) is 5.21. The van der Waals surface area contributed by atoms with Gasteiger partial charge in [0.15, 0.2) is 0 Å². The van der Waals surface area contributed by atoms with Crippen LogP contribution in [0.25, 0.3) is 0 Å². The number of nitrogens with zero attached hydrogens (tertiary/aromatic N) is 1. The highest BCUT2D eigenvalue weighted by molar-refractivity contribution is 5.28. The summed E-state index contributed by atoms with van der Waals surface area (Å²) in [5, 5.41) is 13.5. The number of hydrogen-bond donors (Lipinski definition) is 2. The fraction of sp³-hybridized carbons (Fsp3) is 0.647. The highest BCUT2D eigenvalue weighted by Crippen LogP contribution is 2.19. The zero-order valence-corrected chi connectivity index (χ0v) is 13.6. The summed E-state index contributed by atoms with van der Waals surface area (Å²) in [4.78, 5) is 2.42. The van der Waals surface area contributed by atoms with Crippen molar-refractivity contribution in [2.45, 2.75) is 32.8 Å². The Morgan fingerprint density at radius 1 is 1.14 bits per heavy atom. The molecule has 0 saturated heterocycles. The first-order valence-corrected chi connectivity index (χ1v) is 7.96. The molecule has 120 valence electrons. The minimum Gasteiger partial charge on any atom is -0.497 e. The van der Waals surface area contributed by atoms with Crippen molar-refractivity contribution in [2.75, 3.05) is 39.8 Å². The zero-order chi connectivity index (χ0) is 15.5. The van der Waals surface area contributed by atoms with Gasteiger partial charge in [-0.2, -0.15) is 0 Å². The minimum absolute atomic E-state index is 0.411. The molecule has 4 nitrogen and oxygen atoms in total. The Morgan fingerprint density at radius 2 is 1.81 bits per heavy atom. The summed E-state index contributed by atoms with van der Waals surface area (Å²) in [5.74, 6) is 0.820. The Kier molecular flexibility index (Phi) is 9.06. The number of aliphatic hydroxyl groups is 1. The molecule has 0 fully saturated rings. The van der Waals surface area contributed by atoms with Gasteiger partial charge in [-0.15, -0.1) is 0 Å². The van der Waals surface area contributed by atoms with Crippen molar-refractivity contribution in [3.05, 3.63) is 29.8 Å². The second-order valence-electron chi connectivity index (χ2n) is 5.21. The number of nitrogens with one attached hydrogen (secondary N) is 1. The van der Waals surface area contributed by atoms with Gasteiger partial charge in [0.25, 0.3) is 0 Å². The quantitative estimate of drug-likeness (QED) is 0.615. The van der Waals surface area contributed by atoms with Gasteiger partial charge in [0.1, 0.15) is 5.75 Å². The van der Waals surface area contributed by atoms with E-state index in [1.807, 2.05) is 24.3 Å². The molecule has 21 heavy (non-hydrogen) atoms. The van der Waals surface area contributed by atoms with Crippen LogP contribution in [0.3, 0.4) is 0 Å². The Morgan fingerprint density at radius 3 is 2.38 bits per heavy atom. The molecule has 1 aromatic rings. The first-order chi connectivity index (χ1) is 10.2. The fourth-order valence-electron chi connectivity index (χ4n) is 2.32. The third kappa shape index (κ3) is 6.93. The molecule has 0 aliphatic carbocycles. The van der Waals surface area contributed by atoms with Crippen LogP contribution in [0.15, 0.2) is 24.3 Å². The number of ether oxygens (including phenoxy) is 1. The molecular weight excluding hydrogens is 264 g/mol. The summed E-state index contributed by atoms with van der Waals surface area (Å²) in [6.07, 6.45) is 1.48. The molecule has 1 atom stereocenters. The summed E-state index contributed by atoms with van der Waals surface area (Å²) in [5.41, 5.74) is 0.945. The van der Waals surface area contributed by atoms with E-state index in [0.29, 0.717) is 0 Å². The van der Waals surface area contributed by atoms with Crippen molar-refractivity contribution >= 4 is 0 Å². The van der Waals surface area contributed by atoms with Crippen LogP contribution < -0.4 is 10.1 Å². The van der Waals surface area contributed by atoms with Crippen LogP contribution in [0.4, 0.5) is 0 Å². The molecule has 2 N–H and O–H groups in total. The van der Waals surface area contributed by atoms with Gasteiger partial charge in [0.2, 0.25) is 0 Å². The molecule has 0 saturated carbocycles. The molecule has 0 spiro atoms. The molecular formula is C17H30N2O2. The van der Waals surface area contributed by atoms with Gasteiger partial charge in [0, 0.05) is 0 Å². The number of methoxy groups -OCH3 is 1. The van der Waals surface area contributed by atoms with E-state index in [4.69, 9.17) is 4.74 Å². The van der Waals surface area contributed by atoms with Gasteiger partial charge in [-0.05, 0) is 63.3 Å². The Labute approximate surface area is 129 Å². The van der Waals surface area contributed by atoms with E-state index in [1.165, 1.54) is 0 Å². The molecule has 1 unspecified atom stereocenters. The van der Waals surface area contributed by atoms with Crippen molar-refractivity contribution in [3.63, 3.8) is 0 Å². The van der Waals surface area contributed by atoms with Crippen LogP contribution in [-0.4, -0.2) is 49.8 Å². The Bertz CT molecular complexity index is 364. The van der Waals surface area contributed by atoms with Crippen molar-refractivity contribution in [1.82, 2.24) is 10.2 Å². The van der Waals surface area contributed by atoms with Crippen molar-refractivity contribution < 1.29 is 9.84 Å². The predicted molar refractivity (Wildman–Crippen MR) is 87.8 cm³/mol. The first kappa shape index (κ1) is 18.0. The van der Waals surface area contributed by atoms with Crippen molar-refractivity contribution in [1.29, 1.82) is 0 Å². The van der Waals surface area contributed by atoms with Crippen LogP contribution in [0, 0.1) is 0 Å². The summed E-state index contributed by atoms with van der Waals surface area (Å²) < 4.78 is 5.11. The molecule has 0 radical (unpaired) electrons. The van der Waals surface area contributed by atoms with Gasteiger partial charge in [0.05, 0.1) is 13.2 Å². The lowest BCUT2D eigenvalue weighted by atomic mass is 10.1. The topological polar surface area (TPSA) is 44.7 Å². The smallest absolute Gasteiger partial charge is 0.118 e. The molecule has 1 aromatic carbocycles. The number of rotatable bonds is 11. The Hall–Kier alpha value is -1.10. The number of aliphatic hydroxyl groups excluding tert-OH is 1. The summed E-state index contributed by atoms with van der Waals surface area (Å²) in [6, 6.07) is 7.61. The average molecular weight is 294 g/mol. The lowest BCUT2D eigenvalue weighted by Crippen LogP contribution is -2.27. The first-order valence-electron chi connectivity index (χ1n) is 7.96. The van der Waals surface area contributed by atoms with E-state index in [2.05, 4.69) is 24.1 Å². The van der Waals surface area contributed by atoms with Crippen LogP contribution in [-0.2, 0) is 0 Å². The lowest BCUT2D eigenvalue weighted by molar-refractivity contribution is 0.166. The minimum atomic E-state index is -0.411. The van der Waals surface area contributed by atoms with Crippen molar-refractivity contribution in [2.24, 2.45) is 0 Å². The summed E-state index contributed by atoms with van der Waals surface area (Å²) >= 11 is 0. The largest absolute Gasteiger partial charge is 0.497 e. The average Bonchev–Trinajstić information content (AvgIpc) is 2.54. The van der Waals surface area contributed by atoms with Gasteiger partial charge in [-0.25, -0.2) is 0 Å². The highest BCUT2D eigenvalue weighted by Gasteiger charge is 2.07. The standard InChI is InChI=1S/C17H30N2O2/c1-4-19(5-2)14-6-12-18-13-11-17(20)15-7-9-16(21-3)10-8-15/h7-10,17-18,20H,4-6,11-14H2,1-3H3. The third-order valence-electron chi connectivity index (χ3n) is 3.82. The Balaban J connectivity index is 2.14. The molecule has 0 aromatic heterocycles. The van der Waals surface area contributed by atoms with E-state index in [0.717, 1.165) is 56.9 Å². The van der Waals surface area contributed by atoms with E-state index in [-0.39, 0.29) is 0 Å². The van der Waals surface area contributed by atoms with Gasteiger partial charge in [-0.3, -0.25) is 0 Å². The van der Waals surface area contributed by atoms with Crippen LogP contribution >= 0.6 is 0 Å². The molecule has 0 bridgehead atoms. The van der Waals surface area contributed by atoms with Crippen LogP contribution in [0.2, 0.25) is 0 Å². The van der Waals surface area contributed by atoms with Crippen LogP contribution in [0.1, 0.15) is 38.4 Å². The molecule has 0 heterocycles. The van der Waals surface area contributed by atoms with Gasteiger partial charge in [-0.1, -0.05) is 26.0 Å². The fourth-order valence-corrected chi connectivity index (χ4v) is 2.32. The summed E-state index contributed by atoms with van der Waals surface area (Å²) in [6.45, 7) is 9.61. The van der Waals surface area contributed by atoms with Gasteiger partial charge < -0.3 is 20.1 Å². The number of benzene rings is 1. The zero-order valence-electron chi connectivity index (χ0n) is 13.6. The second kappa shape index (κ2) is 10.6. The molecule has 0 aliphatic rings. The SMILES string of the molecule is CCN(CC)CCCNCCC(O)c1ccc(OC)cc1.